The van der Waals surface area contributed by atoms with Gasteiger partial charge in [-0.25, -0.2) is 4.98 Å². The highest BCUT2D eigenvalue weighted by Gasteiger charge is 2.19. The van der Waals surface area contributed by atoms with Gasteiger partial charge in [0.1, 0.15) is 0 Å². The van der Waals surface area contributed by atoms with Crippen molar-refractivity contribution in [3.63, 3.8) is 0 Å². The van der Waals surface area contributed by atoms with Gasteiger partial charge in [-0.05, 0) is 50.7 Å². The molecule has 1 saturated heterocycles. The number of anilines is 2. The molecule has 3 aromatic rings. The molecular formula is C23H28N4OS. The monoisotopic (exact) mass is 408 g/mol. The highest BCUT2D eigenvalue weighted by Crippen LogP contribution is 2.30. The number of aryl methyl sites for hydroxylation is 2. The van der Waals surface area contributed by atoms with Gasteiger partial charge < -0.3 is 10.2 Å². The minimum Gasteiger partial charge on any atom is -0.378 e. The molecule has 1 fully saturated rings. The van der Waals surface area contributed by atoms with E-state index in [0.717, 1.165) is 42.3 Å². The Hall–Kier alpha value is -2.34. The predicted octanol–water partition coefficient (Wildman–Crippen LogP) is 4.63. The third kappa shape index (κ3) is 3.78. The number of nitrogens with one attached hydrogen (secondary N) is 1. The first kappa shape index (κ1) is 18.7. The number of hydrogen-bond donors (Lipinski definition) is 1. The minimum atomic E-state index is 0.0620. The Labute approximate surface area is 175 Å². The summed E-state index contributed by atoms with van der Waals surface area (Å²) in [7, 11) is 0. The van der Waals surface area contributed by atoms with Crippen LogP contribution in [0.1, 0.15) is 54.8 Å². The van der Waals surface area contributed by atoms with E-state index in [4.69, 9.17) is 4.98 Å². The molecule has 3 heterocycles. The third-order valence-corrected chi connectivity index (χ3v) is 7.27. The van der Waals surface area contributed by atoms with Crippen molar-refractivity contribution in [2.24, 2.45) is 0 Å². The number of rotatable bonds is 4. The van der Waals surface area contributed by atoms with Crippen LogP contribution in [0.4, 0.5) is 11.4 Å². The summed E-state index contributed by atoms with van der Waals surface area (Å²) in [6, 6.07) is 10.2. The first-order valence-corrected chi connectivity index (χ1v) is 11.7. The molecule has 1 aliphatic carbocycles. The van der Waals surface area contributed by atoms with Crippen molar-refractivity contribution in [3.05, 3.63) is 57.0 Å². The van der Waals surface area contributed by atoms with Gasteiger partial charge in [-0.3, -0.25) is 9.20 Å². The van der Waals surface area contributed by atoms with Crippen LogP contribution in [0.5, 0.6) is 0 Å². The van der Waals surface area contributed by atoms with E-state index < -0.39 is 0 Å². The lowest BCUT2D eigenvalue weighted by molar-refractivity contribution is 0.670. The summed E-state index contributed by atoms with van der Waals surface area (Å²) >= 11 is 1.69. The maximum Gasteiger partial charge on any atom is 0.259 e. The first-order valence-electron chi connectivity index (χ1n) is 10.9. The average Bonchev–Trinajstić information content (AvgIpc) is 2.92. The standard InChI is InChI=1S/C23H28N4OS/c28-22-15-17(25-23-27(22)20-11-5-6-12-21(20)29-23)16-24-18-9-3-4-10-19(18)26-13-7-1-2-8-14-26/h3-4,9-10,15,24H,1-2,5-8,11-14,16H2. The van der Waals surface area contributed by atoms with Crippen LogP contribution in [0.2, 0.25) is 0 Å². The zero-order valence-electron chi connectivity index (χ0n) is 16.8. The van der Waals surface area contributed by atoms with Gasteiger partial charge in [-0.15, -0.1) is 11.3 Å². The quantitative estimate of drug-likeness (QED) is 0.684. The van der Waals surface area contributed by atoms with E-state index in [2.05, 4.69) is 34.5 Å². The molecular weight excluding hydrogens is 380 g/mol. The Morgan fingerprint density at radius 1 is 1.00 bits per heavy atom. The number of benzene rings is 1. The van der Waals surface area contributed by atoms with E-state index in [1.807, 2.05) is 4.40 Å². The zero-order valence-corrected chi connectivity index (χ0v) is 17.6. The van der Waals surface area contributed by atoms with Crippen LogP contribution in [-0.2, 0) is 19.4 Å². The lowest BCUT2D eigenvalue weighted by Gasteiger charge is -2.25. The number of aromatic nitrogens is 2. The molecule has 0 bridgehead atoms. The Kier molecular flexibility index (Phi) is 5.27. The third-order valence-electron chi connectivity index (χ3n) is 6.13. The average molecular weight is 409 g/mol. The number of para-hydroxylation sites is 2. The molecule has 6 heteroatoms. The fourth-order valence-electron chi connectivity index (χ4n) is 4.63. The van der Waals surface area contributed by atoms with Crippen molar-refractivity contribution < 1.29 is 0 Å². The van der Waals surface area contributed by atoms with E-state index in [1.165, 1.54) is 54.8 Å². The van der Waals surface area contributed by atoms with Crippen molar-refractivity contribution in [3.8, 4) is 0 Å². The zero-order chi connectivity index (χ0) is 19.6. The van der Waals surface area contributed by atoms with Crippen LogP contribution >= 0.6 is 11.3 Å². The Bertz CT molecular complexity index is 1060. The van der Waals surface area contributed by atoms with Crippen molar-refractivity contribution in [2.45, 2.75) is 57.9 Å². The van der Waals surface area contributed by atoms with Gasteiger partial charge >= 0.3 is 0 Å². The SMILES string of the molecule is O=c1cc(CNc2ccccc2N2CCCCCC2)nc2sc3c(n12)CCCC3. The Morgan fingerprint density at radius 3 is 2.66 bits per heavy atom. The van der Waals surface area contributed by atoms with Crippen molar-refractivity contribution >= 4 is 27.7 Å². The molecule has 2 aromatic heterocycles. The predicted molar refractivity (Wildman–Crippen MR) is 120 cm³/mol. The molecule has 0 amide bonds. The summed E-state index contributed by atoms with van der Waals surface area (Å²) in [5.41, 5.74) is 4.46. The van der Waals surface area contributed by atoms with Crippen LogP contribution in [0.15, 0.2) is 35.1 Å². The summed E-state index contributed by atoms with van der Waals surface area (Å²) < 4.78 is 1.84. The molecule has 1 aliphatic heterocycles. The highest BCUT2D eigenvalue weighted by molar-refractivity contribution is 7.17. The smallest absolute Gasteiger partial charge is 0.259 e. The fraction of sp³-hybridized carbons (Fsp3) is 0.478. The van der Waals surface area contributed by atoms with Gasteiger partial charge in [0.05, 0.1) is 23.6 Å². The molecule has 152 valence electrons. The largest absolute Gasteiger partial charge is 0.378 e. The van der Waals surface area contributed by atoms with Gasteiger partial charge in [0.25, 0.3) is 5.56 Å². The summed E-state index contributed by atoms with van der Waals surface area (Å²) in [4.78, 5) is 22.3. The lowest BCUT2D eigenvalue weighted by atomic mass is 10.0. The normalized spacial score (nSPS) is 17.2. The summed E-state index contributed by atoms with van der Waals surface area (Å²) in [6.07, 6.45) is 9.63. The van der Waals surface area contributed by atoms with E-state index >= 15 is 0 Å². The molecule has 1 aromatic carbocycles. The highest BCUT2D eigenvalue weighted by atomic mass is 32.1. The van der Waals surface area contributed by atoms with Gasteiger partial charge in [-0.1, -0.05) is 25.0 Å². The second-order valence-corrected chi connectivity index (χ2v) is 9.22. The van der Waals surface area contributed by atoms with E-state index in [-0.39, 0.29) is 5.56 Å². The van der Waals surface area contributed by atoms with Crippen LogP contribution in [0.3, 0.4) is 0 Å². The molecule has 0 saturated carbocycles. The van der Waals surface area contributed by atoms with Crippen molar-refractivity contribution in [1.29, 1.82) is 0 Å². The summed E-state index contributed by atoms with van der Waals surface area (Å²) in [5.74, 6) is 0. The molecule has 2 aliphatic rings. The molecule has 0 radical (unpaired) electrons. The molecule has 0 atom stereocenters. The molecule has 5 nitrogen and oxygen atoms in total. The van der Waals surface area contributed by atoms with Gasteiger partial charge in [0.15, 0.2) is 4.96 Å². The molecule has 0 spiro atoms. The van der Waals surface area contributed by atoms with Gasteiger partial charge in [0, 0.05) is 29.7 Å². The van der Waals surface area contributed by atoms with Crippen LogP contribution in [-0.4, -0.2) is 22.5 Å². The molecule has 0 unspecified atom stereocenters. The number of nitrogens with zero attached hydrogens (tertiary/aromatic N) is 3. The van der Waals surface area contributed by atoms with Gasteiger partial charge in [0.2, 0.25) is 0 Å². The van der Waals surface area contributed by atoms with Gasteiger partial charge in [-0.2, -0.15) is 0 Å². The number of fused-ring (bicyclic) bond motifs is 3. The summed E-state index contributed by atoms with van der Waals surface area (Å²) in [6.45, 7) is 2.80. The second kappa shape index (κ2) is 8.19. The van der Waals surface area contributed by atoms with Crippen LogP contribution < -0.4 is 15.8 Å². The van der Waals surface area contributed by atoms with E-state index in [0.29, 0.717) is 6.54 Å². The van der Waals surface area contributed by atoms with Crippen molar-refractivity contribution in [1.82, 2.24) is 9.38 Å². The second-order valence-electron chi connectivity index (χ2n) is 8.15. The molecule has 1 N–H and O–H groups in total. The lowest BCUT2D eigenvalue weighted by Crippen LogP contribution is -2.25. The topological polar surface area (TPSA) is 49.6 Å². The fourth-order valence-corrected chi connectivity index (χ4v) is 5.86. The number of hydrogen-bond acceptors (Lipinski definition) is 5. The maximum atomic E-state index is 12.8. The molecule has 5 rings (SSSR count). The summed E-state index contributed by atoms with van der Waals surface area (Å²) in [5, 5.41) is 3.55. The first-order chi connectivity index (χ1) is 14.3. The van der Waals surface area contributed by atoms with Crippen LogP contribution in [0, 0.1) is 0 Å². The van der Waals surface area contributed by atoms with E-state index in [9.17, 15) is 4.79 Å². The Balaban J connectivity index is 1.39. The van der Waals surface area contributed by atoms with Crippen molar-refractivity contribution in [2.75, 3.05) is 23.3 Å². The van der Waals surface area contributed by atoms with E-state index in [1.54, 1.807) is 17.4 Å². The minimum absolute atomic E-state index is 0.0620. The maximum absolute atomic E-state index is 12.8. The number of thiazole rings is 1. The Morgan fingerprint density at radius 2 is 1.79 bits per heavy atom. The molecule has 29 heavy (non-hydrogen) atoms. The van der Waals surface area contributed by atoms with Crippen LogP contribution in [0.25, 0.3) is 4.96 Å².